The molecule has 1 aromatic carbocycles. The Kier molecular flexibility index (Phi) is 10.3. The largest absolute Gasteiger partial charge is 0.480 e. The number of carbonyl (C=O) groups is 4. The Hall–Kier alpha value is -2.70. The molecule has 0 fully saturated rings. The molecule has 1 aromatic heterocycles. The van der Waals surface area contributed by atoms with Crippen LogP contribution in [0.15, 0.2) is 30.5 Å². The molecule has 1 heterocycles. The molecule has 2 rings (SSSR count). The number of hydrogen-bond donors (Lipinski definition) is 8. The van der Waals surface area contributed by atoms with Crippen molar-refractivity contribution < 1.29 is 24.3 Å². The second kappa shape index (κ2) is 12.7. The number of fused-ring (bicyclic) bond motifs is 1. The molecule has 0 aliphatic rings. The molecule has 10 nitrogen and oxygen atoms in total. The Balaban J connectivity index is 2.11. The third kappa shape index (κ3) is 7.15. The molecular formula is C22H31N5O5S2. The zero-order valence-electron chi connectivity index (χ0n) is 18.9. The third-order valence-corrected chi connectivity index (χ3v) is 6.07. The molecule has 12 heteroatoms. The van der Waals surface area contributed by atoms with E-state index in [1.807, 2.05) is 24.3 Å². The summed E-state index contributed by atoms with van der Waals surface area (Å²) < 4.78 is 0. The van der Waals surface area contributed by atoms with Crippen molar-refractivity contribution in [2.24, 2.45) is 11.7 Å². The predicted molar refractivity (Wildman–Crippen MR) is 136 cm³/mol. The van der Waals surface area contributed by atoms with Crippen LogP contribution in [0, 0.1) is 5.92 Å². The Morgan fingerprint density at radius 1 is 0.971 bits per heavy atom. The van der Waals surface area contributed by atoms with Crippen LogP contribution >= 0.6 is 25.3 Å². The molecule has 34 heavy (non-hydrogen) atoms. The van der Waals surface area contributed by atoms with E-state index in [-0.39, 0.29) is 23.8 Å². The van der Waals surface area contributed by atoms with Crippen molar-refractivity contribution in [1.82, 2.24) is 20.9 Å². The van der Waals surface area contributed by atoms with E-state index in [0.29, 0.717) is 0 Å². The highest BCUT2D eigenvalue weighted by Gasteiger charge is 2.31. The average molecular weight is 510 g/mol. The van der Waals surface area contributed by atoms with Crippen molar-refractivity contribution in [3.05, 3.63) is 36.0 Å². The second-order valence-electron chi connectivity index (χ2n) is 8.23. The first kappa shape index (κ1) is 27.5. The van der Waals surface area contributed by atoms with Gasteiger partial charge in [-0.1, -0.05) is 32.0 Å². The second-order valence-corrected chi connectivity index (χ2v) is 8.96. The number of carboxylic acids is 1. The van der Waals surface area contributed by atoms with Gasteiger partial charge in [-0.15, -0.1) is 0 Å². The van der Waals surface area contributed by atoms with Gasteiger partial charge in [0.2, 0.25) is 17.7 Å². The number of amides is 3. The number of aromatic nitrogens is 1. The maximum absolute atomic E-state index is 13.0. The van der Waals surface area contributed by atoms with E-state index >= 15 is 0 Å². The van der Waals surface area contributed by atoms with E-state index in [9.17, 15) is 24.3 Å². The van der Waals surface area contributed by atoms with Crippen molar-refractivity contribution in [2.45, 2.75) is 44.4 Å². The Labute approximate surface area is 208 Å². The lowest BCUT2D eigenvalue weighted by Crippen LogP contribution is -2.59. The number of nitrogens with two attached hydrogens (primary N) is 1. The average Bonchev–Trinajstić information content (AvgIpc) is 3.21. The van der Waals surface area contributed by atoms with E-state index in [1.54, 1.807) is 20.0 Å². The van der Waals surface area contributed by atoms with Gasteiger partial charge in [-0.3, -0.25) is 14.4 Å². The first-order chi connectivity index (χ1) is 16.1. The van der Waals surface area contributed by atoms with E-state index in [0.717, 1.165) is 16.5 Å². The van der Waals surface area contributed by atoms with Crippen LogP contribution in [0.1, 0.15) is 19.4 Å². The van der Waals surface area contributed by atoms with Crippen LogP contribution < -0.4 is 21.7 Å². The monoisotopic (exact) mass is 509 g/mol. The highest BCUT2D eigenvalue weighted by Crippen LogP contribution is 2.19. The van der Waals surface area contributed by atoms with Crippen LogP contribution in [0.3, 0.4) is 0 Å². The zero-order chi connectivity index (χ0) is 25.4. The highest BCUT2D eigenvalue weighted by atomic mass is 32.1. The normalized spacial score (nSPS) is 14.8. The van der Waals surface area contributed by atoms with Gasteiger partial charge in [-0.25, -0.2) is 4.79 Å². The fourth-order valence-electron chi connectivity index (χ4n) is 3.33. The minimum atomic E-state index is -1.21. The van der Waals surface area contributed by atoms with Gasteiger partial charge in [0.1, 0.15) is 18.1 Å². The molecule has 186 valence electrons. The van der Waals surface area contributed by atoms with Crippen molar-refractivity contribution in [3.8, 4) is 0 Å². The van der Waals surface area contributed by atoms with Gasteiger partial charge in [0.05, 0.1) is 6.04 Å². The molecule has 0 bridgehead atoms. The Morgan fingerprint density at radius 2 is 1.62 bits per heavy atom. The van der Waals surface area contributed by atoms with Crippen LogP contribution in [0.4, 0.5) is 0 Å². The lowest BCUT2D eigenvalue weighted by molar-refractivity contribution is -0.142. The first-order valence-corrected chi connectivity index (χ1v) is 12.0. The smallest absolute Gasteiger partial charge is 0.326 e. The molecule has 0 saturated carbocycles. The number of nitrogens with one attached hydrogen (secondary N) is 4. The van der Waals surface area contributed by atoms with Crippen LogP contribution in [0.25, 0.3) is 10.9 Å². The van der Waals surface area contributed by atoms with Crippen LogP contribution in [-0.4, -0.2) is 69.5 Å². The third-order valence-electron chi connectivity index (χ3n) is 5.31. The zero-order valence-corrected chi connectivity index (χ0v) is 20.7. The van der Waals surface area contributed by atoms with Crippen molar-refractivity contribution in [3.63, 3.8) is 0 Å². The summed E-state index contributed by atoms with van der Waals surface area (Å²) in [6.45, 7) is 3.43. The lowest BCUT2D eigenvalue weighted by atomic mass is 10.0. The maximum Gasteiger partial charge on any atom is 0.326 e. The summed E-state index contributed by atoms with van der Waals surface area (Å²) in [6.07, 6.45) is 1.77. The van der Waals surface area contributed by atoms with Gasteiger partial charge in [0.25, 0.3) is 0 Å². The maximum atomic E-state index is 13.0. The summed E-state index contributed by atoms with van der Waals surface area (Å²) in [6, 6.07) is 3.27. The van der Waals surface area contributed by atoms with Gasteiger partial charge < -0.3 is 31.8 Å². The predicted octanol–water partition coefficient (Wildman–Crippen LogP) is 0.0923. The minimum absolute atomic E-state index is 0.0262. The Morgan fingerprint density at radius 3 is 2.21 bits per heavy atom. The summed E-state index contributed by atoms with van der Waals surface area (Å²) in [5.41, 5.74) is 7.23. The standard InChI is InChI=1S/C22H31N5O5S2/c1-11(2)18(27-20(29)17(10-34)26-19(28)14(23)9-33)21(30)25-16(22(31)32)7-12-8-24-15-6-4-3-5-13(12)15/h3-6,8,11,14,16-18,24,33-34H,7,9-10,23H2,1-2H3,(H,25,30)(H,26,28)(H,27,29)(H,31,32). The number of hydrogen-bond acceptors (Lipinski definition) is 7. The van der Waals surface area contributed by atoms with E-state index in [4.69, 9.17) is 5.73 Å². The van der Waals surface area contributed by atoms with E-state index in [2.05, 4.69) is 46.2 Å². The number of aromatic amines is 1. The van der Waals surface area contributed by atoms with Crippen molar-refractivity contribution in [2.75, 3.05) is 11.5 Å². The molecule has 3 amide bonds. The molecule has 0 radical (unpaired) electrons. The molecule has 0 aliphatic carbocycles. The van der Waals surface area contributed by atoms with Crippen LogP contribution in [0.5, 0.6) is 0 Å². The Bertz CT molecular complexity index is 1030. The van der Waals surface area contributed by atoms with Crippen molar-refractivity contribution >= 4 is 59.9 Å². The fourth-order valence-corrected chi connectivity index (χ4v) is 3.75. The molecular weight excluding hydrogens is 478 g/mol. The number of thiol groups is 2. The topological polar surface area (TPSA) is 166 Å². The van der Waals surface area contributed by atoms with E-state index < -0.39 is 47.9 Å². The fraction of sp³-hybridized carbons (Fsp3) is 0.455. The lowest BCUT2D eigenvalue weighted by Gasteiger charge is -2.26. The molecule has 0 aliphatic heterocycles. The molecule has 7 N–H and O–H groups in total. The number of para-hydroxylation sites is 1. The first-order valence-electron chi connectivity index (χ1n) is 10.7. The summed E-state index contributed by atoms with van der Waals surface area (Å²) in [7, 11) is 0. The number of aliphatic carboxylic acids is 1. The summed E-state index contributed by atoms with van der Waals surface area (Å²) >= 11 is 8.06. The van der Waals surface area contributed by atoms with Gasteiger partial charge in [0, 0.05) is 35.0 Å². The number of H-pyrrole nitrogens is 1. The number of benzene rings is 1. The van der Waals surface area contributed by atoms with Gasteiger partial charge in [-0.05, 0) is 17.5 Å². The van der Waals surface area contributed by atoms with Gasteiger partial charge in [0.15, 0.2) is 0 Å². The summed E-state index contributed by atoms with van der Waals surface area (Å²) in [5, 5.41) is 18.2. The SMILES string of the molecule is CC(C)C(NC(=O)C(CS)NC(=O)C(N)CS)C(=O)NC(Cc1c[nH]c2ccccc12)C(=O)O. The molecule has 0 spiro atoms. The summed E-state index contributed by atoms with van der Waals surface area (Å²) in [4.78, 5) is 52.7. The molecule has 4 unspecified atom stereocenters. The quantitative estimate of drug-likeness (QED) is 0.189. The van der Waals surface area contributed by atoms with Gasteiger partial charge in [-0.2, -0.15) is 25.3 Å². The minimum Gasteiger partial charge on any atom is -0.480 e. The number of rotatable bonds is 12. The van der Waals surface area contributed by atoms with Gasteiger partial charge >= 0.3 is 5.97 Å². The van der Waals surface area contributed by atoms with Crippen LogP contribution in [-0.2, 0) is 25.6 Å². The molecule has 2 aromatic rings. The molecule has 4 atom stereocenters. The van der Waals surface area contributed by atoms with E-state index in [1.165, 1.54) is 0 Å². The highest BCUT2D eigenvalue weighted by molar-refractivity contribution is 7.80. The summed E-state index contributed by atoms with van der Waals surface area (Å²) in [5.74, 6) is -3.34. The molecule has 0 saturated heterocycles. The van der Waals surface area contributed by atoms with Crippen LogP contribution in [0.2, 0.25) is 0 Å². The number of carboxylic acid groups (broad SMARTS) is 1. The number of carbonyl (C=O) groups excluding carboxylic acids is 3. The van der Waals surface area contributed by atoms with Crippen molar-refractivity contribution in [1.29, 1.82) is 0 Å².